The lowest BCUT2D eigenvalue weighted by atomic mass is 10.2. The summed E-state index contributed by atoms with van der Waals surface area (Å²) in [4.78, 5) is 12.9. The SMILES string of the molecule is CCN(c1ccccc1)c1ncnc(N(C)c2ccccc2)c1N. The zero-order valence-corrected chi connectivity index (χ0v) is 13.9. The van der Waals surface area contributed by atoms with Gasteiger partial charge in [-0.15, -0.1) is 0 Å². The molecular weight excluding hydrogens is 298 g/mol. The molecular formula is C19H21N5. The summed E-state index contributed by atoms with van der Waals surface area (Å²) in [5.74, 6) is 1.41. The molecule has 0 spiro atoms. The Kier molecular flexibility index (Phi) is 4.61. The summed E-state index contributed by atoms with van der Waals surface area (Å²) in [6.45, 7) is 2.84. The maximum Gasteiger partial charge on any atom is 0.161 e. The van der Waals surface area contributed by atoms with Crippen molar-refractivity contribution in [1.82, 2.24) is 9.97 Å². The second-order valence-electron chi connectivity index (χ2n) is 5.41. The monoisotopic (exact) mass is 319 g/mol. The van der Waals surface area contributed by atoms with E-state index in [9.17, 15) is 0 Å². The van der Waals surface area contributed by atoms with E-state index in [0.29, 0.717) is 11.5 Å². The second kappa shape index (κ2) is 7.00. The van der Waals surface area contributed by atoms with Crippen LogP contribution in [0.5, 0.6) is 0 Å². The van der Waals surface area contributed by atoms with E-state index in [1.807, 2.05) is 72.6 Å². The summed E-state index contributed by atoms with van der Waals surface area (Å²) in [6.07, 6.45) is 1.56. The predicted molar refractivity (Wildman–Crippen MR) is 100 cm³/mol. The average molecular weight is 319 g/mol. The van der Waals surface area contributed by atoms with Crippen LogP contribution >= 0.6 is 0 Å². The van der Waals surface area contributed by atoms with Crippen molar-refractivity contribution in [3.05, 3.63) is 67.0 Å². The number of nitrogens with zero attached hydrogens (tertiary/aromatic N) is 4. The van der Waals surface area contributed by atoms with Gasteiger partial charge in [0.1, 0.15) is 12.0 Å². The highest BCUT2D eigenvalue weighted by Crippen LogP contribution is 2.35. The number of nitrogen functional groups attached to an aromatic ring is 1. The first-order valence-corrected chi connectivity index (χ1v) is 7.94. The number of hydrogen-bond acceptors (Lipinski definition) is 5. The Hall–Kier alpha value is -3.08. The Morgan fingerprint density at radius 2 is 1.38 bits per heavy atom. The van der Waals surface area contributed by atoms with E-state index in [4.69, 9.17) is 5.73 Å². The second-order valence-corrected chi connectivity index (χ2v) is 5.41. The van der Waals surface area contributed by atoms with E-state index in [2.05, 4.69) is 21.8 Å². The number of aromatic nitrogens is 2. The molecule has 0 bridgehead atoms. The van der Waals surface area contributed by atoms with Gasteiger partial charge in [0, 0.05) is 25.0 Å². The fourth-order valence-electron chi connectivity index (χ4n) is 2.70. The van der Waals surface area contributed by atoms with E-state index in [-0.39, 0.29) is 0 Å². The van der Waals surface area contributed by atoms with Gasteiger partial charge in [-0.3, -0.25) is 0 Å². The molecule has 5 heteroatoms. The molecule has 1 heterocycles. The van der Waals surface area contributed by atoms with Gasteiger partial charge in [0.25, 0.3) is 0 Å². The third-order valence-corrected chi connectivity index (χ3v) is 3.94. The number of anilines is 5. The van der Waals surface area contributed by atoms with Crippen molar-refractivity contribution in [1.29, 1.82) is 0 Å². The largest absolute Gasteiger partial charge is 0.393 e. The summed E-state index contributed by atoms with van der Waals surface area (Å²) >= 11 is 0. The van der Waals surface area contributed by atoms with E-state index in [1.54, 1.807) is 6.33 Å². The van der Waals surface area contributed by atoms with Gasteiger partial charge < -0.3 is 15.5 Å². The van der Waals surface area contributed by atoms with E-state index >= 15 is 0 Å². The molecule has 0 atom stereocenters. The molecule has 0 amide bonds. The Labute approximate surface area is 142 Å². The fourth-order valence-corrected chi connectivity index (χ4v) is 2.70. The van der Waals surface area contributed by atoms with E-state index < -0.39 is 0 Å². The topological polar surface area (TPSA) is 58.3 Å². The number of rotatable bonds is 5. The van der Waals surface area contributed by atoms with Gasteiger partial charge in [0.2, 0.25) is 0 Å². The lowest BCUT2D eigenvalue weighted by Crippen LogP contribution is -2.21. The summed E-state index contributed by atoms with van der Waals surface area (Å²) < 4.78 is 0. The van der Waals surface area contributed by atoms with Crippen LogP contribution in [-0.2, 0) is 0 Å². The van der Waals surface area contributed by atoms with Crippen molar-refractivity contribution < 1.29 is 0 Å². The van der Waals surface area contributed by atoms with Crippen LogP contribution in [-0.4, -0.2) is 23.6 Å². The molecule has 0 saturated carbocycles. The van der Waals surface area contributed by atoms with Crippen molar-refractivity contribution in [3.8, 4) is 0 Å². The maximum atomic E-state index is 6.43. The standard InChI is InChI=1S/C19H21N5/c1-3-24(16-12-8-5-9-13-16)19-17(20)18(21-14-22-19)23(2)15-10-6-4-7-11-15/h4-14H,3,20H2,1-2H3. The Morgan fingerprint density at radius 1 is 0.833 bits per heavy atom. The highest BCUT2D eigenvalue weighted by Gasteiger charge is 2.18. The minimum atomic E-state index is 0.564. The molecule has 24 heavy (non-hydrogen) atoms. The summed E-state index contributed by atoms with van der Waals surface area (Å²) in [5, 5.41) is 0. The van der Waals surface area contributed by atoms with Gasteiger partial charge in [-0.1, -0.05) is 36.4 Å². The van der Waals surface area contributed by atoms with Crippen LogP contribution < -0.4 is 15.5 Å². The molecule has 3 rings (SSSR count). The minimum Gasteiger partial charge on any atom is -0.393 e. The number of nitrogens with two attached hydrogens (primary N) is 1. The van der Waals surface area contributed by atoms with Crippen molar-refractivity contribution in [2.24, 2.45) is 0 Å². The average Bonchev–Trinajstić information content (AvgIpc) is 2.65. The molecule has 0 fully saturated rings. The van der Waals surface area contributed by atoms with E-state index in [0.717, 1.165) is 23.7 Å². The zero-order valence-electron chi connectivity index (χ0n) is 13.9. The number of para-hydroxylation sites is 2. The van der Waals surface area contributed by atoms with Gasteiger partial charge in [-0.25, -0.2) is 9.97 Å². The van der Waals surface area contributed by atoms with Gasteiger partial charge in [-0.2, -0.15) is 0 Å². The number of benzene rings is 2. The first-order chi connectivity index (χ1) is 11.7. The van der Waals surface area contributed by atoms with Crippen LogP contribution in [0.3, 0.4) is 0 Å². The van der Waals surface area contributed by atoms with Crippen LogP contribution in [0.2, 0.25) is 0 Å². The molecule has 2 aromatic carbocycles. The summed E-state index contributed by atoms with van der Waals surface area (Å²) in [7, 11) is 1.95. The molecule has 0 aliphatic carbocycles. The molecule has 0 aliphatic heterocycles. The minimum absolute atomic E-state index is 0.564. The van der Waals surface area contributed by atoms with Crippen LogP contribution in [0.1, 0.15) is 6.92 Å². The zero-order chi connectivity index (χ0) is 16.9. The molecule has 0 radical (unpaired) electrons. The van der Waals surface area contributed by atoms with Gasteiger partial charge in [-0.05, 0) is 31.2 Å². The normalized spacial score (nSPS) is 10.4. The molecule has 1 aromatic heterocycles. The smallest absolute Gasteiger partial charge is 0.161 e. The van der Waals surface area contributed by atoms with Crippen molar-refractivity contribution in [3.63, 3.8) is 0 Å². The van der Waals surface area contributed by atoms with Crippen LogP contribution in [0, 0.1) is 0 Å². The lowest BCUT2D eigenvalue weighted by molar-refractivity contribution is 0.972. The molecule has 0 unspecified atom stereocenters. The fraction of sp³-hybridized carbons (Fsp3) is 0.158. The summed E-state index contributed by atoms with van der Waals surface area (Å²) in [6, 6.07) is 20.1. The quantitative estimate of drug-likeness (QED) is 0.770. The van der Waals surface area contributed by atoms with Crippen LogP contribution in [0.4, 0.5) is 28.7 Å². The van der Waals surface area contributed by atoms with Gasteiger partial charge >= 0.3 is 0 Å². The predicted octanol–water partition coefficient (Wildman–Crippen LogP) is 3.98. The maximum absolute atomic E-state index is 6.43. The Morgan fingerprint density at radius 3 is 1.96 bits per heavy atom. The van der Waals surface area contributed by atoms with Crippen molar-refractivity contribution >= 4 is 28.7 Å². The molecule has 3 aromatic rings. The molecule has 0 saturated heterocycles. The highest BCUT2D eigenvalue weighted by atomic mass is 15.2. The van der Waals surface area contributed by atoms with Crippen molar-refractivity contribution in [2.45, 2.75) is 6.92 Å². The number of hydrogen-bond donors (Lipinski definition) is 1. The van der Waals surface area contributed by atoms with Gasteiger partial charge in [0.15, 0.2) is 11.6 Å². The molecule has 0 aliphatic rings. The lowest BCUT2D eigenvalue weighted by Gasteiger charge is -2.26. The first kappa shape index (κ1) is 15.8. The highest BCUT2D eigenvalue weighted by molar-refractivity contribution is 5.82. The van der Waals surface area contributed by atoms with E-state index in [1.165, 1.54) is 0 Å². The summed E-state index contributed by atoms with van der Waals surface area (Å²) in [5.41, 5.74) is 9.07. The molecule has 5 nitrogen and oxygen atoms in total. The van der Waals surface area contributed by atoms with Crippen LogP contribution in [0.15, 0.2) is 67.0 Å². The third-order valence-electron chi connectivity index (χ3n) is 3.94. The first-order valence-electron chi connectivity index (χ1n) is 7.94. The third kappa shape index (κ3) is 3.01. The van der Waals surface area contributed by atoms with Gasteiger partial charge in [0.05, 0.1) is 0 Å². The van der Waals surface area contributed by atoms with Crippen LogP contribution in [0.25, 0.3) is 0 Å². The molecule has 2 N–H and O–H groups in total. The molecule has 122 valence electrons. The van der Waals surface area contributed by atoms with Crippen molar-refractivity contribution in [2.75, 3.05) is 29.1 Å². The Bertz CT molecular complexity index is 789. The Balaban J connectivity index is 2.02.